The maximum atomic E-state index is 15.0. The van der Waals surface area contributed by atoms with Gasteiger partial charge in [-0.15, -0.1) is 0 Å². The summed E-state index contributed by atoms with van der Waals surface area (Å²) in [6.07, 6.45) is 6.48. The fourth-order valence-corrected chi connectivity index (χ4v) is 4.72. The number of benzene rings is 1. The fourth-order valence-electron chi connectivity index (χ4n) is 4.72. The smallest absolute Gasteiger partial charge is 0.272 e. The van der Waals surface area contributed by atoms with E-state index in [1.54, 1.807) is 22.7 Å². The van der Waals surface area contributed by atoms with Crippen LogP contribution >= 0.6 is 0 Å². The number of carbonyl (C=O) groups excluding carboxylic acids is 2. The van der Waals surface area contributed by atoms with Crippen LogP contribution in [0.1, 0.15) is 81.0 Å². The Bertz CT molecular complexity index is 1200. The highest BCUT2D eigenvalue weighted by Gasteiger charge is 2.25. The van der Waals surface area contributed by atoms with Crippen molar-refractivity contribution >= 4 is 17.3 Å². The highest BCUT2D eigenvalue weighted by Crippen LogP contribution is 2.26. The van der Waals surface area contributed by atoms with Gasteiger partial charge in [-0.2, -0.15) is 5.10 Å². The second-order valence-corrected chi connectivity index (χ2v) is 9.26. The average molecular weight is 465 g/mol. The highest BCUT2D eigenvalue weighted by atomic mass is 19.1. The first kappa shape index (κ1) is 24.0. The molecule has 3 aromatic rings. The number of rotatable bonds is 7. The number of halogens is 1. The van der Waals surface area contributed by atoms with Crippen LogP contribution in [0.25, 0.3) is 16.9 Å². The normalized spacial score (nSPS) is 16.6. The van der Waals surface area contributed by atoms with Crippen LogP contribution in [0.15, 0.2) is 30.3 Å². The Morgan fingerprint density at radius 2 is 1.94 bits per heavy atom. The van der Waals surface area contributed by atoms with Crippen LogP contribution in [-0.2, 0) is 17.6 Å². The second kappa shape index (κ2) is 10.5. The molecule has 1 atom stereocenters. The predicted octanol–water partition coefficient (Wildman–Crippen LogP) is 5.41. The molecule has 180 valence electrons. The quantitative estimate of drug-likeness (QED) is 0.469. The van der Waals surface area contributed by atoms with Crippen molar-refractivity contribution in [3.05, 3.63) is 53.1 Å². The number of ketones is 1. The molecule has 0 saturated carbocycles. The van der Waals surface area contributed by atoms with Gasteiger partial charge in [-0.25, -0.2) is 13.9 Å². The molecule has 0 aliphatic carbocycles. The van der Waals surface area contributed by atoms with Gasteiger partial charge in [-0.1, -0.05) is 32.8 Å². The lowest BCUT2D eigenvalue weighted by atomic mass is 10.0. The lowest BCUT2D eigenvalue weighted by molar-refractivity contribution is -0.118. The Labute approximate surface area is 200 Å². The lowest BCUT2D eigenvalue weighted by Crippen LogP contribution is -2.38. The third-order valence-corrected chi connectivity index (χ3v) is 6.64. The molecular weight excluding hydrogens is 431 g/mol. The number of nitrogens with zero attached hydrogens (tertiary/aromatic N) is 4. The minimum absolute atomic E-state index is 0.0540. The first-order valence-electron chi connectivity index (χ1n) is 12.4. The molecule has 7 heteroatoms. The van der Waals surface area contributed by atoms with Crippen molar-refractivity contribution in [2.45, 2.75) is 78.2 Å². The number of hydrogen-bond donors (Lipinski definition) is 0. The van der Waals surface area contributed by atoms with E-state index in [9.17, 15) is 14.0 Å². The first-order chi connectivity index (χ1) is 16.4. The molecule has 0 spiro atoms. The summed E-state index contributed by atoms with van der Waals surface area (Å²) in [5.41, 5.74) is 3.27. The zero-order chi connectivity index (χ0) is 24.2. The van der Waals surface area contributed by atoms with Gasteiger partial charge >= 0.3 is 0 Å². The highest BCUT2D eigenvalue weighted by molar-refractivity contribution is 5.93. The molecule has 2 aromatic heterocycles. The summed E-state index contributed by atoms with van der Waals surface area (Å²) in [6.45, 7) is 6.80. The van der Waals surface area contributed by atoms with Crippen molar-refractivity contribution < 1.29 is 14.0 Å². The van der Waals surface area contributed by atoms with E-state index < -0.39 is 5.82 Å². The molecule has 1 unspecified atom stereocenters. The summed E-state index contributed by atoms with van der Waals surface area (Å²) in [5, 5.41) is 4.60. The fraction of sp³-hybridized carbons (Fsp3) is 0.481. The Morgan fingerprint density at radius 3 is 2.68 bits per heavy atom. The maximum Gasteiger partial charge on any atom is 0.272 e. The number of carbonyl (C=O) groups is 2. The van der Waals surface area contributed by atoms with E-state index in [0.29, 0.717) is 41.0 Å². The first-order valence-corrected chi connectivity index (χ1v) is 12.4. The number of amides is 1. The minimum Gasteiger partial charge on any atom is -0.335 e. The van der Waals surface area contributed by atoms with Gasteiger partial charge in [0, 0.05) is 42.8 Å². The Balaban J connectivity index is 1.66. The third-order valence-electron chi connectivity index (χ3n) is 6.64. The number of aromatic nitrogens is 3. The molecular formula is C27H33FN4O2. The number of Topliss-reactive ketones (excluding diaryl/α,β-unsaturated/α-hetero) is 1. The van der Waals surface area contributed by atoms with E-state index in [-0.39, 0.29) is 24.2 Å². The number of likely N-dealkylation sites (tertiary alicyclic amines) is 1. The number of aryl methyl sites for hydroxylation is 1. The molecule has 1 aliphatic rings. The molecule has 3 heterocycles. The second-order valence-electron chi connectivity index (χ2n) is 9.26. The van der Waals surface area contributed by atoms with Gasteiger partial charge in [0.15, 0.2) is 5.65 Å². The molecule has 0 radical (unpaired) electrons. The molecule has 1 aromatic carbocycles. The van der Waals surface area contributed by atoms with Crippen molar-refractivity contribution in [1.82, 2.24) is 19.5 Å². The molecule has 6 nitrogen and oxygen atoms in total. The van der Waals surface area contributed by atoms with E-state index in [4.69, 9.17) is 0 Å². The largest absolute Gasteiger partial charge is 0.335 e. The molecule has 0 N–H and O–H groups in total. The SMILES string of the molecule is CCCC(=O)Cc1ccc(-c2cc3nc(C(=O)N4CCCCCC4C)cc(CC)n3n2)c(F)c1. The summed E-state index contributed by atoms with van der Waals surface area (Å²) in [6, 6.07) is 8.58. The van der Waals surface area contributed by atoms with Crippen LogP contribution in [0.3, 0.4) is 0 Å². The minimum atomic E-state index is -0.419. The third kappa shape index (κ3) is 5.03. The maximum absolute atomic E-state index is 15.0. The summed E-state index contributed by atoms with van der Waals surface area (Å²) in [4.78, 5) is 31.8. The van der Waals surface area contributed by atoms with Gasteiger partial charge in [-0.3, -0.25) is 9.59 Å². The Kier molecular flexibility index (Phi) is 7.39. The molecule has 4 rings (SSSR count). The van der Waals surface area contributed by atoms with Crippen LogP contribution in [0.2, 0.25) is 0 Å². The van der Waals surface area contributed by atoms with Gasteiger partial charge in [0.2, 0.25) is 0 Å². The number of hydrogen-bond acceptors (Lipinski definition) is 4. The summed E-state index contributed by atoms with van der Waals surface area (Å²) in [5.74, 6) is -0.366. The Hall–Kier alpha value is -3.09. The Morgan fingerprint density at radius 1 is 1.12 bits per heavy atom. The van der Waals surface area contributed by atoms with Gasteiger partial charge in [-0.05, 0) is 56.4 Å². The van der Waals surface area contributed by atoms with Crippen LogP contribution in [0, 0.1) is 5.82 Å². The van der Waals surface area contributed by atoms with E-state index in [0.717, 1.165) is 44.3 Å². The molecule has 1 fully saturated rings. The lowest BCUT2D eigenvalue weighted by Gasteiger charge is -2.27. The van der Waals surface area contributed by atoms with Crippen LogP contribution in [-0.4, -0.2) is 43.8 Å². The van der Waals surface area contributed by atoms with Crippen LogP contribution in [0.4, 0.5) is 4.39 Å². The average Bonchev–Trinajstić information content (AvgIpc) is 3.12. The van der Waals surface area contributed by atoms with Gasteiger partial charge < -0.3 is 4.90 Å². The van der Waals surface area contributed by atoms with E-state index >= 15 is 0 Å². The molecule has 1 aliphatic heterocycles. The van der Waals surface area contributed by atoms with Gasteiger partial charge in [0.05, 0.1) is 5.69 Å². The molecule has 1 amide bonds. The van der Waals surface area contributed by atoms with Gasteiger partial charge in [0.25, 0.3) is 5.91 Å². The predicted molar refractivity (Wildman–Crippen MR) is 130 cm³/mol. The number of fused-ring (bicyclic) bond motifs is 1. The summed E-state index contributed by atoms with van der Waals surface area (Å²) < 4.78 is 16.7. The van der Waals surface area contributed by atoms with Crippen LogP contribution in [0.5, 0.6) is 0 Å². The zero-order valence-electron chi connectivity index (χ0n) is 20.3. The van der Waals surface area contributed by atoms with E-state index in [1.807, 2.05) is 24.8 Å². The van der Waals surface area contributed by atoms with Crippen molar-refractivity contribution in [3.63, 3.8) is 0 Å². The molecule has 0 bridgehead atoms. The van der Waals surface area contributed by atoms with Crippen LogP contribution < -0.4 is 0 Å². The van der Waals surface area contributed by atoms with E-state index in [2.05, 4.69) is 17.0 Å². The standard InChI is InChI=1S/C27H33FN4O2/c1-4-9-21(33)14-19-11-12-22(23(28)15-19)24-17-26-29-25(16-20(5-2)32(26)30-24)27(34)31-13-8-6-7-10-18(31)3/h11-12,15-18H,4-10,13-14H2,1-3H3. The molecule has 34 heavy (non-hydrogen) atoms. The summed E-state index contributed by atoms with van der Waals surface area (Å²) >= 11 is 0. The zero-order valence-corrected chi connectivity index (χ0v) is 20.3. The van der Waals surface area contributed by atoms with E-state index in [1.165, 1.54) is 6.07 Å². The molecule has 1 saturated heterocycles. The van der Waals surface area contributed by atoms with Crippen molar-refractivity contribution in [2.75, 3.05) is 6.54 Å². The summed E-state index contributed by atoms with van der Waals surface area (Å²) in [7, 11) is 0. The van der Waals surface area contributed by atoms with Crippen molar-refractivity contribution in [2.24, 2.45) is 0 Å². The monoisotopic (exact) mass is 464 g/mol. The topological polar surface area (TPSA) is 67.6 Å². The van der Waals surface area contributed by atoms with Crippen molar-refractivity contribution in [3.8, 4) is 11.3 Å². The van der Waals surface area contributed by atoms with Gasteiger partial charge in [0.1, 0.15) is 17.3 Å². The van der Waals surface area contributed by atoms with Crippen molar-refractivity contribution in [1.29, 1.82) is 0 Å².